The number of hydrogen-bond donors (Lipinski definition) is 1. The van der Waals surface area contributed by atoms with Gasteiger partial charge < -0.3 is 5.32 Å². The van der Waals surface area contributed by atoms with Gasteiger partial charge in [0.25, 0.3) is 0 Å². The number of aryl methyl sites for hydroxylation is 1. The molecule has 1 N–H and O–H groups in total. The Labute approximate surface area is 109 Å². The van der Waals surface area contributed by atoms with Crippen molar-refractivity contribution in [2.24, 2.45) is 0 Å². The lowest BCUT2D eigenvalue weighted by Gasteiger charge is -2.29. The molecule has 0 aliphatic carbocycles. The lowest BCUT2D eigenvalue weighted by atomic mass is 10.1. The third-order valence-electron chi connectivity index (χ3n) is 3.50. The Bertz CT molecular complexity index is 354. The summed E-state index contributed by atoms with van der Waals surface area (Å²) in [6.07, 6.45) is 5.62. The van der Waals surface area contributed by atoms with Crippen LogP contribution in [0.4, 0.5) is 0 Å². The Morgan fingerprint density at radius 2 is 2.41 bits per heavy atom. The minimum Gasteiger partial charge on any atom is -0.307 e. The summed E-state index contributed by atoms with van der Waals surface area (Å²) in [5, 5.41) is 4.41. The second kappa shape index (κ2) is 6.41. The van der Waals surface area contributed by atoms with E-state index in [-0.39, 0.29) is 0 Å². The van der Waals surface area contributed by atoms with E-state index in [1.165, 1.54) is 29.9 Å². The molecule has 1 saturated heterocycles. The smallest absolute Gasteiger partial charge is 0.0573 e. The minimum absolute atomic E-state index is 0.653. The van der Waals surface area contributed by atoms with Crippen LogP contribution in [-0.4, -0.2) is 22.0 Å². The van der Waals surface area contributed by atoms with E-state index in [1.807, 2.05) is 12.3 Å². The molecular formula is C14H22N2S. The van der Waals surface area contributed by atoms with E-state index in [0.29, 0.717) is 6.04 Å². The SMILES string of the molecule is CCc1cccnc1CNC1CCCSC1C. The first-order valence-electron chi connectivity index (χ1n) is 6.59. The molecular weight excluding hydrogens is 228 g/mol. The number of rotatable bonds is 4. The molecule has 1 aromatic rings. The minimum atomic E-state index is 0.653. The molecule has 2 unspecified atom stereocenters. The van der Waals surface area contributed by atoms with Gasteiger partial charge in [-0.3, -0.25) is 4.98 Å². The van der Waals surface area contributed by atoms with Crippen LogP contribution in [0.25, 0.3) is 0 Å². The molecule has 2 rings (SSSR count). The highest BCUT2D eigenvalue weighted by Gasteiger charge is 2.21. The molecule has 17 heavy (non-hydrogen) atoms. The van der Waals surface area contributed by atoms with Crippen molar-refractivity contribution in [2.75, 3.05) is 5.75 Å². The van der Waals surface area contributed by atoms with Crippen LogP contribution >= 0.6 is 11.8 Å². The van der Waals surface area contributed by atoms with Crippen LogP contribution in [0.2, 0.25) is 0 Å². The zero-order valence-corrected chi connectivity index (χ0v) is 11.6. The summed E-state index contributed by atoms with van der Waals surface area (Å²) in [5.74, 6) is 1.32. The molecule has 94 valence electrons. The molecule has 2 atom stereocenters. The first-order valence-corrected chi connectivity index (χ1v) is 7.64. The second-order valence-electron chi connectivity index (χ2n) is 4.67. The fourth-order valence-electron chi connectivity index (χ4n) is 2.37. The second-order valence-corrected chi connectivity index (χ2v) is 6.15. The normalized spacial score (nSPS) is 24.8. The molecule has 3 heteroatoms. The van der Waals surface area contributed by atoms with Crippen LogP contribution in [-0.2, 0) is 13.0 Å². The molecule has 1 aromatic heterocycles. The summed E-state index contributed by atoms with van der Waals surface area (Å²) in [5.41, 5.74) is 2.59. The average molecular weight is 250 g/mol. The molecule has 1 aliphatic rings. The average Bonchev–Trinajstić information content (AvgIpc) is 2.38. The van der Waals surface area contributed by atoms with Crippen LogP contribution in [0.5, 0.6) is 0 Å². The Morgan fingerprint density at radius 1 is 1.53 bits per heavy atom. The number of pyridine rings is 1. The van der Waals surface area contributed by atoms with Crippen molar-refractivity contribution in [1.29, 1.82) is 0 Å². The van der Waals surface area contributed by atoms with Gasteiger partial charge in [-0.2, -0.15) is 11.8 Å². The van der Waals surface area contributed by atoms with Crippen molar-refractivity contribution >= 4 is 11.8 Å². The van der Waals surface area contributed by atoms with E-state index in [0.717, 1.165) is 18.2 Å². The van der Waals surface area contributed by atoms with E-state index in [4.69, 9.17) is 0 Å². The maximum atomic E-state index is 4.49. The topological polar surface area (TPSA) is 24.9 Å². The van der Waals surface area contributed by atoms with Gasteiger partial charge in [0.1, 0.15) is 0 Å². The highest BCUT2D eigenvalue weighted by atomic mass is 32.2. The third kappa shape index (κ3) is 3.46. The number of hydrogen-bond acceptors (Lipinski definition) is 3. The monoisotopic (exact) mass is 250 g/mol. The first-order chi connectivity index (χ1) is 8.31. The maximum Gasteiger partial charge on any atom is 0.0573 e. The highest BCUT2D eigenvalue weighted by molar-refractivity contribution is 7.99. The van der Waals surface area contributed by atoms with Crippen LogP contribution in [0.1, 0.15) is 37.9 Å². The Kier molecular flexibility index (Phi) is 4.86. The first kappa shape index (κ1) is 12.9. The van der Waals surface area contributed by atoms with Crippen molar-refractivity contribution in [2.45, 2.75) is 50.9 Å². The number of aromatic nitrogens is 1. The lowest BCUT2D eigenvalue weighted by Crippen LogP contribution is -2.39. The van der Waals surface area contributed by atoms with Gasteiger partial charge in [0.2, 0.25) is 0 Å². The van der Waals surface area contributed by atoms with Gasteiger partial charge >= 0.3 is 0 Å². The predicted octanol–water partition coefficient (Wildman–Crippen LogP) is 3.02. The fraction of sp³-hybridized carbons (Fsp3) is 0.643. The quantitative estimate of drug-likeness (QED) is 0.889. The standard InChI is InChI=1S/C14H22N2S/c1-3-12-6-4-8-15-14(12)10-16-13-7-5-9-17-11(13)2/h4,6,8,11,13,16H,3,5,7,9-10H2,1-2H3. The molecule has 0 amide bonds. The molecule has 2 heterocycles. The van der Waals surface area contributed by atoms with Gasteiger partial charge in [0, 0.05) is 24.0 Å². The molecule has 0 aromatic carbocycles. The van der Waals surface area contributed by atoms with Gasteiger partial charge in [-0.05, 0) is 36.6 Å². The zero-order chi connectivity index (χ0) is 12.1. The summed E-state index contributed by atoms with van der Waals surface area (Å²) in [7, 11) is 0. The van der Waals surface area contributed by atoms with Crippen LogP contribution in [0, 0.1) is 0 Å². The van der Waals surface area contributed by atoms with Crippen molar-refractivity contribution < 1.29 is 0 Å². The predicted molar refractivity (Wildman–Crippen MR) is 75.4 cm³/mol. The van der Waals surface area contributed by atoms with Gasteiger partial charge in [-0.25, -0.2) is 0 Å². The molecule has 2 nitrogen and oxygen atoms in total. The van der Waals surface area contributed by atoms with Crippen molar-refractivity contribution in [3.63, 3.8) is 0 Å². The maximum absolute atomic E-state index is 4.49. The van der Waals surface area contributed by atoms with E-state index in [9.17, 15) is 0 Å². The fourth-order valence-corrected chi connectivity index (χ4v) is 3.54. The number of nitrogens with one attached hydrogen (secondary N) is 1. The molecule has 0 bridgehead atoms. The molecule has 0 saturated carbocycles. The summed E-state index contributed by atoms with van der Waals surface area (Å²) >= 11 is 2.09. The summed E-state index contributed by atoms with van der Waals surface area (Å²) in [6.45, 7) is 5.44. The van der Waals surface area contributed by atoms with Gasteiger partial charge in [0.15, 0.2) is 0 Å². The highest BCUT2D eigenvalue weighted by Crippen LogP contribution is 2.25. The van der Waals surface area contributed by atoms with E-state index in [2.05, 4.69) is 42.0 Å². The summed E-state index contributed by atoms with van der Waals surface area (Å²) in [6, 6.07) is 4.87. The summed E-state index contributed by atoms with van der Waals surface area (Å²) < 4.78 is 0. The number of thioether (sulfide) groups is 1. The third-order valence-corrected chi connectivity index (χ3v) is 4.88. The van der Waals surface area contributed by atoms with E-state index < -0.39 is 0 Å². The van der Waals surface area contributed by atoms with Crippen LogP contribution in [0.3, 0.4) is 0 Å². The van der Waals surface area contributed by atoms with Crippen molar-refractivity contribution in [3.05, 3.63) is 29.6 Å². The van der Waals surface area contributed by atoms with Gasteiger partial charge in [-0.1, -0.05) is 19.9 Å². The zero-order valence-electron chi connectivity index (χ0n) is 10.8. The molecule has 1 fully saturated rings. The molecule has 0 radical (unpaired) electrons. The summed E-state index contributed by atoms with van der Waals surface area (Å²) in [4.78, 5) is 4.49. The van der Waals surface area contributed by atoms with Crippen molar-refractivity contribution in [3.8, 4) is 0 Å². The molecule has 0 spiro atoms. The van der Waals surface area contributed by atoms with Crippen LogP contribution in [0.15, 0.2) is 18.3 Å². The van der Waals surface area contributed by atoms with E-state index >= 15 is 0 Å². The van der Waals surface area contributed by atoms with Gasteiger partial charge in [0.05, 0.1) is 5.69 Å². The molecule has 1 aliphatic heterocycles. The van der Waals surface area contributed by atoms with Crippen molar-refractivity contribution in [1.82, 2.24) is 10.3 Å². The lowest BCUT2D eigenvalue weighted by molar-refractivity contribution is 0.458. The Balaban J connectivity index is 1.92. The largest absolute Gasteiger partial charge is 0.307 e. The van der Waals surface area contributed by atoms with Crippen LogP contribution < -0.4 is 5.32 Å². The van der Waals surface area contributed by atoms with E-state index in [1.54, 1.807) is 0 Å². The Morgan fingerprint density at radius 3 is 3.18 bits per heavy atom. The number of nitrogens with zero attached hydrogens (tertiary/aromatic N) is 1. The Hall–Kier alpha value is -0.540. The van der Waals surface area contributed by atoms with Gasteiger partial charge in [-0.15, -0.1) is 0 Å².